The molecular weight excluding hydrogens is 276 g/mol. The third kappa shape index (κ3) is 2.72. The van der Waals surface area contributed by atoms with Gasteiger partial charge in [-0.3, -0.25) is 4.79 Å². The number of anilines is 1. The second kappa shape index (κ2) is 6.13. The lowest BCUT2D eigenvalue weighted by atomic mass is 10.3. The fraction of sp³-hybridized carbons (Fsp3) is 0.429. The standard InChI is InChI=1S/C14H19ClN4O/c1-3-18(4-2)12(20)8-9-19-11-7-5-6-10(15)13(11)17-14(19)16/h5-7H,3-4,8-9H2,1-2H3,(H2,16,17). The minimum Gasteiger partial charge on any atom is -0.369 e. The van der Waals surface area contributed by atoms with Gasteiger partial charge in [0.25, 0.3) is 0 Å². The Morgan fingerprint density at radius 3 is 2.75 bits per heavy atom. The van der Waals surface area contributed by atoms with Crippen molar-refractivity contribution in [2.45, 2.75) is 26.8 Å². The minimum absolute atomic E-state index is 0.123. The van der Waals surface area contributed by atoms with Crippen LogP contribution < -0.4 is 5.73 Å². The number of halogens is 1. The van der Waals surface area contributed by atoms with Crippen LogP contribution in [0, 0.1) is 0 Å². The van der Waals surface area contributed by atoms with Crippen LogP contribution in [0.25, 0.3) is 11.0 Å². The average molecular weight is 295 g/mol. The van der Waals surface area contributed by atoms with E-state index in [1.54, 1.807) is 6.07 Å². The lowest BCUT2D eigenvalue weighted by Gasteiger charge is -2.18. The summed E-state index contributed by atoms with van der Waals surface area (Å²) in [5, 5.41) is 0.572. The third-order valence-corrected chi connectivity index (χ3v) is 3.73. The highest BCUT2D eigenvalue weighted by atomic mass is 35.5. The fourth-order valence-electron chi connectivity index (χ4n) is 2.31. The molecule has 0 aliphatic carbocycles. The van der Waals surface area contributed by atoms with E-state index in [2.05, 4.69) is 4.98 Å². The number of carbonyl (C=O) groups excluding carboxylic acids is 1. The van der Waals surface area contributed by atoms with Crippen LogP contribution in [-0.4, -0.2) is 33.4 Å². The van der Waals surface area contributed by atoms with Gasteiger partial charge in [0.1, 0.15) is 5.52 Å². The Kier molecular flexibility index (Phi) is 4.49. The van der Waals surface area contributed by atoms with Crippen LogP contribution in [0.5, 0.6) is 0 Å². The molecule has 0 spiro atoms. The molecule has 1 aromatic carbocycles. The molecule has 0 aliphatic heterocycles. The molecule has 108 valence electrons. The lowest BCUT2D eigenvalue weighted by molar-refractivity contribution is -0.131. The van der Waals surface area contributed by atoms with Crippen LogP contribution in [0.4, 0.5) is 5.95 Å². The number of hydrogen-bond donors (Lipinski definition) is 1. The number of amides is 1. The number of carbonyl (C=O) groups is 1. The molecule has 0 fully saturated rings. The SMILES string of the molecule is CCN(CC)C(=O)CCn1c(N)nc2c(Cl)cccc21. The molecule has 5 nitrogen and oxygen atoms in total. The quantitative estimate of drug-likeness (QED) is 0.921. The Morgan fingerprint density at radius 1 is 1.40 bits per heavy atom. The van der Waals surface area contributed by atoms with Crippen molar-refractivity contribution in [3.8, 4) is 0 Å². The van der Waals surface area contributed by atoms with Gasteiger partial charge in [-0.1, -0.05) is 17.7 Å². The molecule has 0 aliphatic rings. The first-order valence-corrected chi connectivity index (χ1v) is 7.14. The third-order valence-electron chi connectivity index (χ3n) is 3.42. The van der Waals surface area contributed by atoms with E-state index in [9.17, 15) is 4.79 Å². The Bertz CT molecular complexity index is 619. The lowest BCUT2D eigenvalue weighted by Crippen LogP contribution is -2.31. The number of nitrogens with zero attached hydrogens (tertiary/aromatic N) is 3. The summed E-state index contributed by atoms with van der Waals surface area (Å²) in [6.45, 7) is 5.91. The number of aromatic nitrogens is 2. The number of nitrogen functional groups attached to an aromatic ring is 1. The van der Waals surface area contributed by atoms with Crippen LogP contribution in [-0.2, 0) is 11.3 Å². The summed E-state index contributed by atoms with van der Waals surface area (Å²) in [5.74, 6) is 0.513. The summed E-state index contributed by atoms with van der Waals surface area (Å²) < 4.78 is 1.84. The molecule has 1 heterocycles. The molecule has 2 aromatic rings. The van der Waals surface area contributed by atoms with Gasteiger partial charge in [-0.05, 0) is 26.0 Å². The Balaban J connectivity index is 2.20. The minimum atomic E-state index is 0.123. The highest BCUT2D eigenvalue weighted by molar-refractivity contribution is 6.35. The Labute approximate surface area is 123 Å². The van der Waals surface area contributed by atoms with E-state index in [0.717, 1.165) is 18.6 Å². The summed E-state index contributed by atoms with van der Waals surface area (Å²) in [6, 6.07) is 5.54. The van der Waals surface area contributed by atoms with Crippen molar-refractivity contribution in [1.82, 2.24) is 14.5 Å². The number of fused-ring (bicyclic) bond motifs is 1. The molecule has 1 aromatic heterocycles. The van der Waals surface area contributed by atoms with Crippen molar-refractivity contribution < 1.29 is 4.79 Å². The molecule has 0 saturated carbocycles. The number of imidazole rings is 1. The maximum Gasteiger partial charge on any atom is 0.224 e. The molecule has 1 amide bonds. The second-order valence-corrected chi connectivity index (χ2v) is 4.95. The number of para-hydroxylation sites is 1. The molecular formula is C14H19ClN4O. The predicted octanol–water partition coefficient (Wildman–Crippen LogP) is 2.53. The van der Waals surface area contributed by atoms with E-state index >= 15 is 0 Å². The summed E-state index contributed by atoms with van der Waals surface area (Å²) in [6.07, 6.45) is 0.407. The van der Waals surface area contributed by atoms with Crippen LogP contribution >= 0.6 is 11.6 Å². The molecule has 6 heteroatoms. The zero-order chi connectivity index (χ0) is 14.7. The van der Waals surface area contributed by atoms with Gasteiger partial charge in [0.05, 0.1) is 10.5 Å². The van der Waals surface area contributed by atoms with Crippen molar-refractivity contribution in [3.63, 3.8) is 0 Å². The van der Waals surface area contributed by atoms with E-state index in [4.69, 9.17) is 17.3 Å². The highest BCUT2D eigenvalue weighted by Gasteiger charge is 2.14. The zero-order valence-corrected chi connectivity index (χ0v) is 12.5. The maximum atomic E-state index is 12.0. The molecule has 2 rings (SSSR count). The van der Waals surface area contributed by atoms with Gasteiger partial charge >= 0.3 is 0 Å². The zero-order valence-electron chi connectivity index (χ0n) is 11.8. The van der Waals surface area contributed by atoms with Gasteiger partial charge in [-0.25, -0.2) is 4.98 Å². The van der Waals surface area contributed by atoms with Crippen molar-refractivity contribution in [3.05, 3.63) is 23.2 Å². The molecule has 20 heavy (non-hydrogen) atoms. The molecule has 0 atom stereocenters. The number of aryl methyl sites for hydroxylation is 1. The Hall–Kier alpha value is -1.75. The fourth-order valence-corrected chi connectivity index (χ4v) is 2.52. The smallest absolute Gasteiger partial charge is 0.224 e. The van der Waals surface area contributed by atoms with E-state index in [1.165, 1.54) is 0 Å². The summed E-state index contributed by atoms with van der Waals surface area (Å²) in [7, 11) is 0. The second-order valence-electron chi connectivity index (χ2n) is 4.55. The average Bonchev–Trinajstić information content (AvgIpc) is 2.75. The first-order valence-electron chi connectivity index (χ1n) is 6.76. The summed E-state index contributed by atoms with van der Waals surface area (Å²) >= 11 is 6.09. The molecule has 2 N–H and O–H groups in total. The first kappa shape index (κ1) is 14.7. The van der Waals surface area contributed by atoms with Crippen LogP contribution in [0.2, 0.25) is 5.02 Å². The largest absolute Gasteiger partial charge is 0.369 e. The van der Waals surface area contributed by atoms with Gasteiger partial charge in [-0.2, -0.15) is 0 Å². The van der Waals surface area contributed by atoms with Crippen LogP contribution in [0.1, 0.15) is 20.3 Å². The van der Waals surface area contributed by atoms with E-state index < -0.39 is 0 Å². The highest BCUT2D eigenvalue weighted by Crippen LogP contribution is 2.25. The maximum absolute atomic E-state index is 12.0. The van der Waals surface area contributed by atoms with Gasteiger partial charge < -0.3 is 15.2 Å². The normalized spacial score (nSPS) is 10.9. The van der Waals surface area contributed by atoms with Crippen molar-refractivity contribution >= 4 is 34.5 Å². The van der Waals surface area contributed by atoms with E-state index in [1.807, 2.05) is 35.4 Å². The first-order chi connectivity index (χ1) is 9.58. The number of nitrogens with two attached hydrogens (primary N) is 1. The number of hydrogen-bond acceptors (Lipinski definition) is 3. The van der Waals surface area contributed by atoms with Gasteiger partial charge in [-0.15, -0.1) is 0 Å². The topological polar surface area (TPSA) is 64.2 Å². The monoisotopic (exact) mass is 294 g/mol. The number of rotatable bonds is 5. The molecule has 0 bridgehead atoms. The molecule has 0 unspecified atom stereocenters. The van der Waals surface area contributed by atoms with Crippen LogP contribution in [0.15, 0.2) is 18.2 Å². The summed E-state index contributed by atoms with van der Waals surface area (Å²) in [5.41, 5.74) is 7.46. The predicted molar refractivity (Wildman–Crippen MR) is 81.7 cm³/mol. The number of benzene rings is 1. The summed E-state index contributed by atoms with van der Waals surface area (Å²) in [4.78, 5) is 18.1. The Morgan fingerprint density at radius 2 is 2.10 bits per heavy atom. The van der Waals surface area contributed by atoms with Gasteiger partial charge in [0.2, 0.25) is 11.9 Å². The van der Waals surface area contributed by atoms with Crippen LogP contribution in [0.3, 0.4) is 0 Å². The van der Waals surface area contributed by atoms with Crippen molar-refractivity contribution in [2.75, 3.05) is 18.8 Å². The van der Waals surface area contributed by atoms with Crippen molar-refractivity contribution in [1.29, 1.82) is 0 Å². The van der Waals surface area contributed by atoms with Gasteiger partial charge in [0, 0.05) is 26.1 Å². The van der Waals surface area contributed by atoms with Gasteiger partial charge in [0.15, 0.2) is 0 Å². The molecule has 0 radical (unpaired) electrons. The van der Waals surface area contributed by atoms with E-state index in [0.29, 0.717) is 29.5 Å². The van der Waals surface area contributed by atoms with Crippen molar-refractivity contribution in [2.24, 2.45) is 0 Å². The van der Waals surface area contributed by atoms with E-state index in [-0.39, 0.29) is 5.91 Å². The molecule has 0 saturated heterocycles.